The third kappa shape index (κ3) is 27.2. The van der Waals surface area contributed by atoms with Gasteiger partial charge in [-0.25, -0.2) is 0 Å². The molecule has 0 aromatic carbocycles. The number of hydrogen-bond donors (Lipinski definition) is 15. The monoisotopic (exact) mass is 1280 g/mol. The fourth-order valence-corrected chi connectivity index (χ4v) is 12.1. The number of unbranched alkanes of at least 4 members (excludes halogenated alkanes) is 27. The third-order valence-electron chi connectivity index (χ3n) is 17.6. The number of allylic oxidation sites excluding steroid dienone is 1. The normalized spacial score (nSPS) is 33.3. The van der Waals surface area contributed by atoms with Gasteiger partial charge in [0.05, 0.1) is 45.2 Å². The van der Waals surface area contributed by atoms with Crippen molar-refractivity contribution < 1.29 is 114 Å². The lowest BCUT2D eigenvalue weighted by Crippen LogP contribution is -2.69. The van der Waals surface area contributed by atoms with E-state index in [1.165, 1.54) is 128 Å². The lowest BCUT2D eigenvalue weighted by molar-refractivity contribution is -0.381. The summed E-state index contributed by atoms with van der Waals surface area (Å²) in [4.78, 5) is 26.0. The summed E-state index contributed by atoms with van der Waals surface area (Å²) in [6.45, 7) is 1.60. The summed E-state index contributed by atoms with van der Waals surface area (Å²) in [5, 5.41) is 147. The molecule has 0 aliphatic carbocycles. The van der Waals surface area contributed by atoms with Gasteiger partial charge in [-0.15, -0.1) is 0 Å². The van der Waals surface area contributed by atoms with Crippen molar-refractivity contribution in [3.8, 4) is 0 Å². The average molecular weight is 1280 g/mol. The van der Waals surface area contributed by atoms with Crippen molar-refractivity contribution in [1.29, 1.82) is 0 Å². The van der Waals surface area contributed by atoms with Gasteiger partial charge in [0.1, 0.15) is 97.6 Å². The summed E-state index contributed by atoms with van der Waals surface area (Å²) in [6.07, 6.45) is 2.77. The van der Waals surface area contributed by atoms with E-state index in [1.807, 2.05) is 6.08 Å². The average Bonchev–Trinajstić information content (AvgIpc) is 1.63. The van der Waals surface area contributed by atoms with Gasteiger partial charge in [0.15, 0.2) is 25.2 Å². The Labute approximate surface area is 528 Å². The summed E-state index contributed by atoms with van der Waals surface area (Å²) < 4.78 is 46.7. The molecule has 4 aliphatic heterocycles. The van der Waals surface area contributed by atoms with Crippen LogP contribution >= 0.6 is 0 Å². The molecule has 4 aliphatic rings. The molecular formula is C64H118N2O23. The molecule has 0 aromatic heterocycles. The van der Waals surface area contributed by atoms with Crippen molar-refractivity contribution in [2.45, 2.75) is 348 Å². The number of hydrogen-bond acceptors (Lipinski definition) is 23. The Morgan fingerprint density at radius 2 is 0.831 bits per heavy atom. The molecule has 2 amide bonds. The predicted octanol–water partition coefficient (Wildman–Crippen LogP) is 2.56. The van der Waals surface area contributed by atoms with Gasteiger partial charge in [-0.3, -0.25) is 9.59 Å². The fourth-order valence-electron chi connectivity index (χ4n) is 12.1. The molecule has 25 nitrogen and oxygen atoms in total. The largest absolute Gasteiger partial charge is 0.394 e. The highest BCUT2D eigenvalue weighted by Gasteiger charge is 2.56. The second kappa shape index (κ2) is 45.3. The number of nitrogens with one attached hydrogen (secondary N) is 2. The van der Waals surface area contributed by atoms with E-state index in [-0.39, 0.29) is 12.3 Å². The molecule has 4 fully saturated rings. The number of aliphatic hydroxyl groups excluding tert-OH is 13. The van der Waals surface area contributed by atoms with E-state index in [0.717, 1.165) is 51.9 Å². The van der Waals surface area contributed by atoms with Gasteiger partial charge in [0.2, 0.25) is 11.8 Å². The van der Waals surface area contributed by atoms with Crippen LogP contribution in [0.1, 0.15) is 213 Å². The Kier molecular flexibility index (Phi) is 40.3. The molecule has 4 saturated heterocycles. The Balaban J connectivity index is 1.35. The van der Waals surface area contributed by atoms with Gasteiger partial charge in [-0.2, -0.15) is 0 Å². The van der Waals surface area contributed by atoms with Crippen LogP contribution in [0.5, 0.6) is 0 Å². The highest BCUT2D eigenvalue weighted by molar-refractivity contribution is 5.76. The quantitative estimate of drug-likeness (QED) is 0.0307. The third-order valence-corrected chi connectivity index (χ3v) is 17.6. The van der Waals surface area contributed by atoms with Crippen LogP contribution in [0.25, 0.3) is 0 Å². The molecule has 0 spiro atoms. The molecule has 4 rings (SSSR count). The minimum atomic E-state index is -2.09. The van der Waals surface area contributed by atoms with Crippen molar-refractivity contribution in [2.24, 2.45) is 0 Å². The first kappa shape index (κ1) is 79.3. The number of amides is 2. The number of carbonyl (C=O) groups is 2. The van der Waals surface area contributed by atoms with E-state index in [9.17, 15) is 76.0 Å². The van der Waals surface area contributed by atoms with Gasteiger partial charge in [-0.05, 0) is 19.3 Å². The standard InChI is InChI=1S/C64H118N2O23/c1-4-6-8-10-12-14-16-18-19-20-21-23-25-27-29-31-33-35-48(73)66-42(43(72)34-32-30-28-26-24-22-17-15-13-11-9-7-5-2)40-82-62-56(80)54(78)59(47(39-70)86-62)88-64-57(81)60(51(75)45(37-68)84-64)89-61-49(65-41(3)71)52(76)58(46(38-69)85-61)87-63-55(79)53(77)50(74)44(36-67)83-63/h32,34,42-47,49-64,67-70,72,74-81H,4-31,33,35-40H2,1-3H3,(H,65,71)(H,66,73)/b34-32+/t42-,43+,44?,45?,46?,47?,49?,50-,51-,52+,53-,54+,55?,56?,57?,58+,59+,60-,61-,62+,63-,64-/m0/s1. The molecule has 0 saturated carbocycles. The van der Waals surface area contributed by atoms with E-state index in [2.05, 4.69) is 24.5 Å². The second-order valence-corrected chi connectivity index (χ2v) is 25.0. The predicted molar refractivity (Wildman–Crippen MR) is 326 cm³/mol. The lowest BCUT2D eigenvalue weighted by atomic mass is 9.94. The molecule has 0 bridgehead atoms. The zero-order chi connectivity index (χ0) is 65.1. The minimum absolute atomic E-state index is 0.213. The summed E-state index contributed by atoms with van der Waals surface area (Å²) in [7, 11) is 0. The maximum atomic E-state index is 13.4. The van der Waals surface area contributed by atoms with Crippen LogP contribution in [0, 0.1) is 0 Å². The molecule has 522 valence electrons. The first-order valence-electron chi connectivity index (χ1n) is 33.9. The Morgan fingerprint density at radius 1 is 0.438 bits per heavy atom. The first-order chi connectivity index (χ1) is 43.0. The Bertz CT molecular complexity index is 1860. The highest BCUT2D eigenvalue weighted by Crippen LogP contribution is 2.35. The van der Waals surface area contributed by atoms with Crippen molar-refractivity contribution in [2.75, 3.05) is 33.0 Å². The van der Waals surface area contributed by atoms with E-state index in [4.69, 9.17) is 37.9 Å². The van der Waals surface area contributed by atoms with Crippen molar-refractivity contribution in [3.05, 3.63) is 12.2 Å². The molecule has 0 radical (unpaired) electrons. The van der Waals surface area contributed by atoms with Crippen LogP contribution in [0.3, 0.4) is 0 Å². The van der Waals surface area contributed by atoms with E-state index >= 15 is 0 Å². The Hall–Kier alpha value is -2.16. The summed E-state index contributed by atoms with van der Waals surface area (Å²) in [5.41, 5.74) is 0. The van der Waals surface area contributed by atoms with Crippen LogP contribution in [0.2, 0.25) is 0 Å². The van der Waals surface area contributed by atoms with Gasteiger partial charge in [0, 0.05) is 13.3 Å². The molecule has 89 heavy (non-hydrogen) atoms. The SMILES string of the molecule is CCCCCCCCCCCCC/C=C/[C@@H](O)[C@H](CO[C@@H]1OC(CO)[C@@H](O[C@@H]2OC(CO)[C@H](O)[C@H](O[C@@H]3OC(CO)[C@@H](O[C@@H]4OC(CO)[C@H](O)[C@H](O)C4O)[C@H](O)C3NC(C)=O)C2O)[C@H](O)C1O)NC(=O)CCCCCCCCCCCCCCCCCCC. The summed E-state index contributed by atoms with van der Waals surface area (Å²) in [5.74, 6) is -1.07. The van der Waals surface area contributed by atoms with E-state index in [1.54, 1.807) is 6.08 Å². The van der Waals surface area contributed by atoms with Crippen LogP contribution in [-0.2, 0) is 47.5 Å². The molecule has 25 heteroatoms. The number of carbonyl (C=O) groups excluding carboxylic acids is 2. The van der Waals surface area contributed by atoms with Crippen LogP contribution in [0.4, 0.5) is 0 Å². The van der Waals surface area contributed by atoms with Gasteiger partial charge >= 0.3 is 0 Å². The van der Waals surface area contributed by atoms with E-state index in [0.29, 0.717) is 12.8 Å². The molecular weight excluding hydrogens is 1160 g/mol. The number of ether oxygens (including phenoxy) is 8. The van der Waals surface area contributed by atoms with Gasteiger partial charge in [0.25, 0.3) is 0 Å². The topological polar surface area (TPSA) is 395 Å². The minimum Gasteiger partial charge on any atom is -0.394 e. The van der Waals surface area contributed by atoms with Crippen molar-refractivity contribution >= 4 is 11.8 Å². The lowest BCUT2D eigenvalue weighted by Gasteiger charge is -2.50. The molecule has 0 aromatic rings. The molecule has 15 N–H and O–H groups in total. The summed E-state index contributed by atoms with van der Waals surface area (Å²) in [6, 6.07) is -2.68. The maximum Gasteiger partial charge on any atom is 0.220 e. The van der Waals surface area contributed by atoms with Crippen LogP contribution in [0.15, 0.2) is 12.2 Å². The molecule has 8 unspecified atom stereocenters. The maximum absolute atomic E-state index is 13.4. The van der Waals surface area contributed by atoms with Crippen LogP contribution < -0.4 is 10.6 Å². The second-order valence-electron chi connectivity index (χ2n) is 25.0. The van der Waals surface area contributed by atoms with Crippen molar-refractivity contribution in [1.82, 2.24) is 10.6 Å². The van der Waals surface area contributed by atoms with Crippen molar-refractivity contribution in [3.63, 3.8) is 0 Å². The smallest absolute Gasteiger partial charge is 0.220 e. The van der Waals surface area contributed by atoms with Crippen LogP contribution in [-0.4, -0.2) is 246 Å². The van der Waals surface area contributed by atoms with Gasteiger partial charge in [-0.1, -0.05) is 193 Å². The Morgan fingerprint density at radius 3 is 1.30 bits per heavy atom. The highest BCUT2D eigenvalue weighted by atomic mass is 16.8. The van der Waals surface area contributed by atoms with Gasteiger partial charge < -0.3 is 115 Å². The zero-order valence-electron chi connectivity index (χ0n) is 53.5. The van der Waals surface area contributed by atoms with E-state index < -0.39 is 174 Å². The summed E-state index contributed by atoms with van der Waals surface area (Å²) >= 11 is 0. The number of rotatable bonds is 47. The first-order valence-corrected chi connectivity index (χ1v) is 33.9. The molecule has 4 heterocycles. The number of aliphatic hydroxyl groups is 13. The fraction of sp³-hybridized carbons (Fsp3) is 0.938. The molecule has 22 atom stereocenters. The zero-order valence-corrected chi connectivity index (χ0v) is 53.5.